The molecule has 1 aliphatic carbocycles. The van der Waals surface area contributed by atoms with Gasteiger partial charge in [0.15, 0.2) is 5.78 Å². The molecule has 0 heterocycles. The van der Waals surface area contributed by atoms with E-state index in [0.29, 0.717) is 5.78 Å². The van der Waals surface area contributed by atoms with Gasteiger partial charge in [0.25, 0.3) is 0 Å². The van der Waals surface area contributed by atoms with Crippen molar-refractivity contribution in [1.29, 1.82) is 0 Å². The van der Waals surface area contributed by atoms with Crippen molar-refractivity contribution in [3.05, 3.63) is 23.3 Å². The van der Waals surface area contributed by atoms with Crippen LogP contribution in [0.25, 0.3) is 0 Å². The molecule has 1 rings (SSSR count). The van der Waals surface area contributed by atoms with Gasteiger partial charge in [-0.15, -0.1) is 0 Å². The predicted octanol–water partition coefficient (Wildman–Crippen LogP) is 3.02. The van der Waals surface area contributed by atoms with Gasteiger partial charge in [0.2, 0.25) is 0 Å². The fraction of sp³-hybridized carbons (Fsp3) is 0.545. The van der Waals surface area contributed by atoms with Crippen LogP contribution in [0.2, 0.25) is 0 Å². The fourth-order valence-corrected chi connectivity index (χ4v) is 1.34. The second-order valence-electron chi connectivity index (χ2n) is 3.57. The number of carbonyl (C=O) groups excluding carboxylic acids is 1. The minimum absolute atomic E-state index is 0.346. The zero-order valence-corrected chi connectivity index (χ0v) is 7.89. The lowest BCUT2D eigenvalue weighted by Crippen LogP contribution is -2.07. The van der Waals surface area contributed by atoms with E-state index in [0.717, 1.165) is 24.8 Å². The Bertz CT molecular complexity index is 229. The van der Waals surface area contributed by atoms with Crippen LogP contribution in [0.1, 0.15) is 39.5 Å². The lowest BCUT2D eigenvalue weighted by Gasteiger charge is -2.11. The second-order valence-corrected chi connectivity index (χ2v) is 3.57. The van der Waals surface area contributed by atoms with Gasteiger partial charge in [0.1, 0.15) is 0 Å². The number of hydrogen-bond acceptors (Lipinski definition) is 1. The van der Waals surface area contributed by atoms with Crippen LogP contribution in [-0.2, 0) is 4.79 Å². The molecule has 0 atom stereocenters. The smallest absolute Gasteiger partial charge is 0.158 e. The highest BCUT2D eigenvalue weighted by molar-refractivity contribution is 5.96. The van der Waals surface area contributed by atoms with Gasteiger partial charge >= 0.3 is 0 Å². The molecule has 0 saturated heterocycles. The van der Waals surface area contributed by atoms with Crippen LogP contribution in [0.5, 0.6) is 0 Å². The van der Waals surface area contributed by atoms with Crippen molar-refractivity contribution in [2.24, 2.45) is 0 Å². The van der Waals surface area contributed by atoms with Crippen molar-refractivity contribution in [1.82, 2.24) is 0 Å². The first-order valence-corrected chi connectivity index (χ1v) is 4.57. The van der Waals surface area contributed by atoms with Crippen LogP contribution in [0.3, 0.4) is 0 Å². The van der Waals surface area contributed by atoms with Crippen molar-refractivity contribution in [2.45, 2.75) is 39.5 Å². The first kappa shape index (κ1) is 9.24. The molecule has 1 aliphatic rings. The van der Waals surface area contributed by atoms with Crippen LogP contribution < -0.4 is 0 Å². The minimum Gasteiger partial charge on any atom is -0.295 e. The summed E-state index contributed by atoms with van der Waals surface area (Å²) in [6.07, 6.45) is 7.99. The summed E-state index contributed by atoms with van der Waals surface area (Å²) in [5, 5.41) is 0. The molecule has 0 aliphatic heterocycles. The predicted molar refractivity (Wildman–Crippen MR) is 51.0 cm³/mol. The molecule has 0 aromatic rings. The van der Waals surface area contributed by atoms with Crippen LogP contribution >= 0.6 is 0 Å². The average Bonchev–Trinajstić information content (AvgIpc) is 2.03. The van der Waals surface area contributed by atoms with Gasteiger partial charge in [0.05, 0.1) is 0 Å². The summed E-state index contributed by atoms with van der Waals surface area (Å²) in [4.78, 5) is 11.3. The molecular weight excluding hydrogens is 148 g/mol. The van der Waals surface area contributed by atoms with Gasteiger partial charge < -0.3 is 0 Å². The van der Waals surface area contributed by atoms with Gasteiger partial charge in [-0.3, -0.25) is 4.79 Å². The van der Waals surface area contributed by atoms with E-state index in [1.54, 1.807) is 0 Å². The maximum absolute atomic E-state index is 11.3. The van der Waals surface area contributed by atoms with Crippen LogP contribution in [0.15, 0.2) is 23.3 Å². The van der Waals surface area contributed by atoms with Gasteiger partial charge in [-0.05, 0) is 38.7 Å². The third-order valence-electron chi connectivity index (χ3n) is 2.08. The van der Waals surface area contributed by atoms with E-state index >= 15 is 0 Å². The molecule has 0 amide bonds. The Morgan fingerprint density at radius 3 is 2.50 bits per heavy atom. The minimum atomic E-state index is 0.346. The van der Waals surface area contributed by atoms with E-state index in [9.17, 15) is 4.79 Å². The van der Waals surface area contributed by atoms with Gasteiger partial charge in [-0.25, -0.2) is 0 Å². The summed E-state index contributed by atoms with van der Waals surface area (Å²) in [7, 11) is 0. The Morgan fingerprint density at radius 1 is 1.25 bits per heavy atom. The zero-order valence-electron chi connectivity index (χ0n) is 7.89. The highest BCUT2D eigenvalue weighted by Crippen LogP contribution is 2.19. The van der Waals surface area contributed by atoms with Crippen LogP contribution in [0, 0.1) is 0 Å². The largest absolute Gasteiger partial charge is 0.295 e. The molecule has 0 N–H and O–H groups in total. The molecule has 12 heavy (non-hydrogen) atoms. The first-order chi connectivity index (χ1) is 5.70. The summed E-state index contributed by atoms with van der Waals surface area (Å²) < 4.78 is 0. The lowest BCUT2D eigenvalue weighted by molar-refractivity contribution is -0.116. The first-order valence-electron chi connectivity index (χ1n) is 4.57. The summed E-state index contributed by atoms with van der Waals surface area (Å²) in [6, 6.07) is 0. The fourth-order valence-electron chi connectivity index (χ4n) is 1.34. The highest BCUT2D eigenvalue weighted by atomic mass is 16.1. The zero-order chi connectivity index (χ0) is 8.97. The standard InChI is InChI=1S/C11H16O/c1-9(2)7-8-10-5-3-4-6-11(10)12/h7-8H,3-6H2,1-2H3/b10-8-. The summed E-state index contributed by atoms with van der Waals surface area (Å²) in [5.41, 5.74) is 2.27. The summed E-state index contributed by atoms with van der Waals surface area (Å²) in [6.45, 7) is 4.09. The third kappa shape index (κ3) is 2.65. The van der Waals surface area contributed by atoms with Crippen molar-refractivity contribution in [3.63, 3.8) is 0 Å². The number of allylic oxidation sites excluding steroid dienone is 4. The van der Waals surface area contributed by atoms with E-state index in [4.69, 9.17) is 0 Å². The Labute approximate surface area is 74.2 Å². The molecule has 0 radical (unpaired) electrons. The number of ketones is 1. The Hall–Kier alpha value is -0.850. The molecule has 0 spiro atoms. The van der Waals surface area contributed by atoms with E-state index in [2.05, 4.69) is 0 Å². The molecule has 1 nitrogen and oxygen atoms in total. The van der Waals surface area contributed by atoms with Crippen molar-refractivity contribution in [3.8, 4) is 0 Å². The van der Waals surface area contributed by atoms with E-state index in [1.807, 2.05) is 26.0 Å². The molecule has 0 bridgehead atoms. The number of rotatable bonds is 1. The van der Waals surface area contributed by atoms with Gasteiger partial charge in [0, 0.05) is 6.42 Å². The van der Waals surface area contributed by atoms with Crippen LogP contribution in [0.4, 0.5) is 0 Å². The number of carbonyl (C=O) groups is 1. The normalized spacial score (nSPS) is 21.2. The number of hydrogen-bond donors (Lipinski definition) is 0. The Kier molecular flexibility index (Phi) is 3.27. The Morgan fingerprint density at radius 2 is 1.92 bits per heavy atom. The quantitative estimate of drug-likeness (QED) is 0.544. The van der Waals surface area contributed by atoms with Crippen molar-refractivity contribution < 1.29 is 4.79 Å². The molecule has 0 aromatic heterocycles. The van der Waals surface area contributed by atoms with E-state index in [1.165, 1.54) is 12.0 Å². The number of Topliss-reactive ketones (excluding diaryl/α,β-unsaturated/α-hetero) is 1. The Balaban J connectivity index is 2.65. The SMILES string of the molecule is CC(C)=C/C=C1/CCCCC1=O. The van der Waals surface area contributed by atoms with Gasteiger partial charge in [-0.1, -0.05) is 17.7 Å². The molecule has 66 valence electrons. The van der Waals surface area contributed by atoms with Crippen molar-refractivity contribution >= 4 is 5.78 Å². The molecule has 0 aromatic carbocycles. The summed E-state index contributed by atoms with van der Waals surface area (Å²) in [5.74, 6) is 0.346. The molecule has 0 unspecified atom stereocenters. The van der Waals surface area contributed by atoms with Crippen molar-refractivity contribution in [2.75, 3.05) is 0 Å². The van der Waals surface area contributed by atoms with E-state index in [-0.39, 0.29) is 0 Å². The van der Waals surface area contributed by atoms with E-state index < -0.39 is 0 Å². The average molecular weight is 164 g/mol. The topological polar surface area (TPSA) is 17.1 Å². The monoisotopic (exact) mass is 164 g/mol. The second kappa shape index (κ2) is 4.24. The molecule has 1 saturated carbocycles. The molecular formula is C11H16O. The molecule has 1 fully saturated rings. The van der Waals surface area contributed by atoms with Crippen LogP contribution in [-0.4, -0.2) is 5.78 Å². The maximum Gasteiger partial charge on any atom is 0.158 e. The lowest BCUT2D eigenvalue weighted by atomic mass is 9.93. The molecule has 1 heteroatoms. The van der Waals surface area contributed by atoms with Gasteiger partial charge in [-0.2, -0.15) is 0 Å². The summed E-state index contributed by atoms with van der Waals surface area (Å²) >= 11 is 0. The third-order valence-corrected chi connectivity index (χ3v) is 2.08. The maximum atomic E-state index is 11.3. The highest BCUT2D eigenvalue weighted by Gasteiger charge is 2.13.